The highest BCUT2D eigenvalue weighted by molar-refractivity contribution is 5.95. The number of amides is 1. The van der Waals surface area contributed by atoms with E-state index >= 15 is 0 Å². The summed E-state index contributed by atoms with van der Waals surface area (Å²) < 4.78 is 5.65. The zero-order valence-electron chi connectivity index (χ0n) is 16.3. The third-order valence-electron chi connectivity index (χ3n) is 4.69. The average molecular weight is 375 g/mol. The molecule has 4 heteroatoms. The zero-order chi connectivity index (χ0) is 19.8. The maximum absolute atomic E-state index is 13.2. The van der Waals surface area contributed by atoms with Gasteiger partial charge in [0, 0.05) is 11.1 Å². The molecule has 2 atom stereocenters. The summed E-state index contributed by atoms with van der Waals surface area (Å²) in [6.45, 7) is 4.60. The third-order valence-corrected chi connectivity index (χ3v) is 4.69. The van der Waals surface area contributed by atoms with Crippen LogP contribution in [0.25, 0.3) is 0 Å². The second-order valence-electron chi connectivity index (χ2n) is 6.70. The van der Waals surface area contributed by atoms with E-state index in [1.54, 1.807) is 0 Å². The standard InChI is InChI=1S/C24H26N2O2/c1-3-28-22-17-11-10-16-21(22)26-24(27)23(20-14-8-5-9-15-20)25-18(2)19-12-6-4-7-13-19/h4-18,23,25H,3H2,1-2H3,(H,26,27)/p+1/t18-,23-/m1/s1. The predicted molar refractivity (Wildman–Crippen MR) is 112 cm³/mol. The van der Waals surface area contributed by atoms with Gasteiger partial charge in [0.05, 0.1) is 12.3 Å². The van der Waals surface area contributed by atoms with Crippen LogP contribution in [0, 0.1) is 0 Å². The van der Waals surface area contributed by atoms with Crippen LogP contribution >= 0.6 is 0 Å². The van der Waals surface area contributed by atoms with Crippen molar-refractivity contribution >= 4 is 11.6 Å². The van der Waals surface area contributed by atoms with Crippen molar-refractivity contribution in [2.45, 2.75) is 25.9 Å². The van der Waals surface area contributed by atoms with E-state index in [9.17, 15) is 4.79 Å². The lowest BCUT2D eigenvalue weighted by Crippen LogP contribution is -2.87. The Hall–Kier alpha value is -3.11. The van der Waals surface area contributed by atoms with E-state index < -0.39 is 0 Å². The molecule has 0 aliphatic heterocycles. The molecular formula is C24H27N2O2+. The summed E-state index contributed by atoms with van der Waals surface area (Å²) >= 11 is 0. The summed E-state index contributed by atoms with van der Waals surface area (Å²) in [4.78, 5) is 13.2. The summed E-state index contributed by atoms with van der Waals surface area (Å²) in [6.07, 6.45) is 0. The quantitative estimate of drug-likeness (QED) is 0.623. The monoisotopic (exact) mass is 375 g/mol. The zero-order valence-corrected chi connectivity index (χ0v) is 16.3. The van der Waals surface area contributed by atoms with Gasteiger partial charge in [-0.2, -0.15) is 0 Å². The van der Waals surface area contributed by atoms with Crippen LogP contribution in [0.1, 0.15) is 37.1 Å². The number of para-hydroxylation sites is 2. The Morgan fingerprint density at radius 1 is 0.893 bits per heavy atom. The molecule has 0 bridgehead atoms. The molecule has 0 spiro atoms. The largest absolute Gasteiger partial charge is 0.492 e. The number of quaternary nitrogens is 1. The molecule has 4 nitrogen and oxygen atoms in total. The summed E-state index contributed by atoms with van der Waals surface area (Å²) in [5, 5.41) is 5.16. The van der Waals surface area contributed by atoms with Crippen LogP contribution < -0.4 is 15.4 Å². The minimum Gasteiger partial charge on any atom is -0.492 e. The van der Waals surface area contributed by atoms with Crippen molar-refractivity contribution in [1.29, 1.82) is 0 Å². The Balaban J connectivity index is 1.84. The number of nitrogens with two attached hydrogens (primary N) is 1. The van der Waals surface area contributed by atoms with Crippen LogP contribution in [0.3, 0.4) is 0 Å². The molecule has 0 saturated heterocycles. The molecule has 3 N–H and O–H groups in total. The molecule has 3 aromatic carbocycles. The van der Waals surface area contributed by atoms with Crippen molar-refractivity contribution in [2.24, 2.45) is 0 Å². The number of anilines is 1. The van der Waals surface area contributed by atoms with Gasteiger partial charge in [0.25, 0.3) is 5.91 Å². The molecule has 0 heterocycles. The molecule has 0 saturated carbocycles. The van der Waals surface area contributed by atoms with Crippen molar-refractivity contribution in [3.05, 3.63) is 96.1 Å². The summed E-state index contributed by atoms with van der Waals surface area (Å²) in [5.41, 5.74) is 2.85. The lowest BCUT2D eigenvalue weighted by Gasteiger charge is -2.21. The van der Waals surface area contributed by atoms with Gasteiger partial charge in [0.2, 0.25) is 0 Å². The van der Waals surface area contributed by atoms with E-state index in [1.807, 2.05) is 79.7 Å². The first kappa shape index (κ1) is 19.6. The van der Waals surface area contributed by atoms with Crippen LogP contribution in [0.4, 0.5) is 5.69 Å². The molecule has 144 valence electrons. The summed E-state index contributed by atoms with van der Waals surface area (Å²) in [6, 6.07) is 27.4. The lowest BCUT2D eigenvalue weighted by atomic mass is 10.0. The molecule has 3 aromatic rings. The highest BCUT2D eigenvalue weighted by Gasteiger charge is 2.27. The van der Waals surface area contributed by atoms with Gasteiger partial charge in [0.15, 0.2) is 6.04 Å². The first-order valence-corrected chi connectivity index (χ1v) is 9.66. The number of hydrogen-bond donors (Lipinski definition) is 2. The normalized spacial score (nSPS) is 12.8. The van der Waals surface area contributed by atoms with Gasteiger partial charge >= 0.3 is 0 Å². The number of carbonyl (C=O) groups excluding carboxylic acids is 1. The van der Waals surface area contributed by atoms with Crippen molar-refractivity contribution in [2.75, 3.05) is 11.9 Å². The van der Waals surface area contributed by atoms with Gasteiger partial charge in [0.1, 0.15) is 11.8 Å². The molecule has 0 fully saturated rings. The summed E-state index contributed by atoms with van der Waals surface area (Å²) in [5.74, 6) is 0.613. The smallest absolute Gasteiger partial charge is 0.287 e. The van der Waals surface area contributed by atoms with Crippen LogP contribution in [0.15, 0.2) is 84.9 Å². The van der Waals surface area contributed by atoms with E-state index in [1.165, 1.54) is 5.56 Å². The highest BCUT2D eigenvalue weighted by atomic mass is 16.5. The maximum atomic E-state index is 13.2. The minimum absolute atomic E-state index is 0.0684. The molecule has 0 aliphatic carbocycles. The lowest BCUT2D eigenvalue weighted by molar-refractivity contribution is -0.718. The number of nitrogens with one attached hydrogen (secondary N) is 1. The molecule has 28 heavy (non-hydrogen) atoms. The van der Waals surface area contributed by atoms with Gasteiger partial charge in [-0.15, -0.1) is 0 Å². The topological polar surface area (TPSA) is 54.9 Å². The van der Waals surface area contributed by atoms with Crippen LogP contribution in [-0.2, 0) is 4.79 Å². The molecule has 0 radical (unpaired) electrons. The van der Waals surface area contributed by atoms with Gasteiger partial charge < -0.3 is 15.4 Å². The Morgan fingerprint density at radius 2 is 1.46 bits per heavy atom. The van der Waals surface area contributed by atoms with Gasteiger partial charge in [-0.1, -0.05) is 72.8 Å². The van der Waals surface area contributed by atoms with E-state index in [-0.39, 0.29) is 18.0 Å². The Morgan fingerprint density at radius 3 is 2.11 bits per heavy atom. The maximum Gasteiger partial charge on any atom is 0.287 e. The van der Waals surface area contributed by atoms with Crippen LogP contribution in [0.5, 0.6) is 5.75 Å². The second-order valence-corrected chi connectivity index (χ2v) is 6.70. The highest BCUT2D eigenvalue weighted by Crippen LogP contribution is 2.25. The van der Waals surface area contributed by atoms with Crippen LogP contribution in [-0.4, -0.2) is 12.5 Å². The molecule has 0 unspecified atom stereocenters. The first-order chi connectivity index (χ1) is 13.7. The van der Waals surface area contributed by atoms with Crippen LogP contribution in [0.2, 0.25) is 0 Å². The molecule has 0 aromatic heterocycles. The fraction of sp³-hybridized carbons (Fsp3) is 0.208. The molecule has 1 amide bonds. The Bertz CT molecular complexity index is 881. The minimum atomic E-state index is -0.369. The van der Waals surface area contributed by atoms with E-state index in [0.29, 0.717) is 18.0 Å². The number of ether oxygens (including phenoxy) is 1. The van der Waals surface area contributed by atoms with Gasteiger partial charge in [-0.3, -0.25) is 4.79 Å². The van der Waals surface area contributed by atoms with E-state index in [0.717, 1.165) is 5.56 Å². The average Bonchev–Trinajstić information content (AvgIpc) is 2.74. The molecule has 0 aliphatic rings. The number of hydrogen-bond acceptors (Lipinski definition) is 2. The van der Waals surface area contributed by atoms with Crippen molar-refractivity contribution in [1.82, 2.24) is 0 Å². The number of benzene rings is 3. The second kappa shape index (κ2) is 9.72. The molecular weight excluding hydrogens is 348 g/mol. The van der Waals surface area contributed by atoms with Crippen molar-refractivity contribution in [3.8, 4) is 5.75 Å². The van der Waals surface area contributed by atoms with E-state index in [2.05, 4.69) is 29.7 Å². The fourth-order valence-corrected chi connectivity index (χ4v) is 3.23. The molecule has 3 rings (SSSR count). The van der Waals surface area contributed by atoms with Gasteiger partial charge in [-0.05, 0) is 26.0 Å². The fourth-order valence-electron chi connectivity index (χ4n) is 3.23. The SMILES string of the molecule is CCOc1ccccc1NC(=O)[C@H]([NH2+][C@H](C)c1ccccc1)c1ccccc1. The predicted octanol–water partition coefficient (Wildman–Crippen LogP) is 4.09. The van der Waals surface area contributed by atoms with E-state index in [4.69, 9.17) is 4.74 Å². The van der Waals surface area contributed by atoms with Crippen molar-refractivity contribution < 1.29 is 14.8 Å². The Kier molecular flexibility index (Phi) is 6.82. The third kappa shape index (κ3) is 4.99. The Labute approximate surface area is 166 Å². The number of carbonyl (C=O) groups is 1. The first-order valence-electron chi connectivity index (χ1n) is 9.66. The van der Waals surface area contributed by atoms with Crippen molar-refractivity contribution in [3.63, 3.8) is 0 Å². The van der Waals surface area contributed by atoms with Gasteiger partial charge in [-0.25, -0.2) is 0 Å². The number of rotatable bonds is 8. The summed E-state index contributed by atoms with van der Waals surface area (Å²) in [7, 11) is 0.